The summed E-state index contributed by atoms with van der Waals surface area (Å²) in [5.74, 6) is -0.180. The zero-order valence-corrected chi connectivity index (χ0v) is 14.8. The lowest BCUT2D eigenvalue weighted by Gasteiger charge is -2.26. The Kier molecular flexibility index (Phi) is 7.57. The summed E-state index contributed by atoms with van der Waals surface area (Å²) in [6.07, 6.45) is 4.79. The molecule has 0 saturated heterocycles. The molecule has 0 spiro atoms. The minimum Gasteiger partial charge on any atom is -0.494 e. The van der Waals surface area contributed by atoms with Gasteiger partial charge in [-0.3, -0.25) is 4.79 Å². The second-order valence-corrected chi connectivity index (χ2v) is 6.56. The van der Waals surface area contributed by atoms with E-state index in [2.05, 4.69) is 17.6 Å². The number of carboxylic acid groups (broad SMARTS) is 1. The third kappa shape index (κ3) is 6.64. The molecule has 25 heavy (non-hydrogen) atoms. The molecule has 3 N–H and O–H groups in total. The monoisotopic (exact) mass is 348 g/mol. The van der Waals surface area contributed by atoms with E-state index in [0.717, 1.165) is 24.2 Å². The van der Waals surface area contributed by atoms with Crippen LogP contribution in [0.25, 0.3) is 0 Å². The molecule has 6 nitrogen and oxygen atoms in total. The fourth-order valence-corrected chi connectivity index (χ4v) is 2.98. The van der Waals surface area contributed by atoms with Crippen LogP contribution in [0.4, 0.5) is 4.79 Å². The summed E-state index contributed by atoms with van der Waals surface area (Å²) in [5, 5.41) is 14.8. The van der Waals surface area contributed by atoms with Gasteiger partial charge in [0.15, 0.2) is 0 Å². The van der Waals surface area contributed by atoms with Crippen molar-refractivity contribution in [2.75, 3.05) is 6.61 Å². The topological polar surface area (TPSA) is 87.7 Å². The number of unbranched alkanes of at least 4 members (excludes halogenated alkanes) is 1. The van der Waals surface area contributed by atoms with Crippen molar-refractivity contribution in [1.29, 1.82) is 0 Å². The van der Waals surface area contributed by atoms with Crippen LogP contribution < -0.4 is 15.4 Å². The van der Waals surface area contributed by atoms with Gasteiger partial charge in [0.25, 0.3) is 0 Å². The van der Waals surface area contributed by atoms with Gasteiger partial charge < -0.3 is 20.5 Å². The van der Waals surface area contributed by atoms with E-state index in [1.165, 1.54) is 0 Å². The smallest absolute Gasteiger partial charge is 0.315 e. The van der Waals surface area contributed by atoms with E-state index in [-0.39, 0.29) is 18.0 Å². The third-order valence-corrected chi connectivity index (χ3v) is 4.53. The van der Waals surface area contributed by atoms with E-state index >= 15 is 0 Å². The highest BCUT2D eigenvalue weighted by atomic mass is 16.5. The number of rotatable bonds is 8. The molecule has 0 heterocycles. The molecule has 1 fully saturated rings. The Morgan fingerprint density at radius 3 is 2.68 bits per heavy atom. The molecule has 0 radical (unpaired) electrons. The van der Waals surface area contributed by atoms with Gasteiger partial charge in [-0.25, -0.2) is 4.79 Å². The average Bonchev–Trinajstić information content (AvgIpc) is 2.61. The van der Waals surface area contributed by atoms with Crippen LogP contribution in [0.1, 0.15) is 51.0 Å². The predicted molar refractivity (Wildman–Crippen MR) is 95.6 cm³/mol. The second-order valence-electron chi connectivity index (χ2n) is 6.56. The summed E-state index contributed by atoms with van der Waals surface area (Å²) in [6.45, 7) is 3.25. The molecule has 0 unspecified atom stereocenters. The largest absolute Gasteiger partial charge is 0.494 e. The van der Waals surface area contributed by atoms with E-state index in [1.54, 1.807) is 0 Å². The SMILES string of the molecule is CCCCOc1cccc(CNC(=O)NC2CCC(C(=O)O)CC2)c1. The van der Waals surface area contributed by atoms with Crippen molar-refractivity contribution in [3.63, 3.8) is 0 Å². The van der Waals surface area contributed by atoms with Crippen LogP contribution in [-0.4, -0.2) is 29.8 Å². The zero-order valence-electron chi connectivity index (χ0n) is 14.8. The Hall–Kier alpha value is -2.24. The van der Waals surface area contributed by atoms with E-state index in [4.69, 9.17) is 9.84 Å². The lowest BCUT2D eigenvalue weighted by molar-refractivity contribution is -0.142. The second kappa shape index (κ2) is 9.91. The Bertz CT molecular complexity index is 568. The maximum Gasteiger partial charge on any atom is 0.315 e. The Labute approximate surface area is 149 Å². The summed E-state index contributed by atoms with van der Waals surface area (Å²) in [6, 6.07) is 7.57. The lowest BCUT2D eigenvalue weighted by Crippen LogP contribution is -2.43. The van der Waals surface area contributed by atoms with Crippen molar-refractivity contribution in [2.24, 2.45) is 5.92 Å². The molecular weight excluding hydrogens is 320 g/mol. The summed E-state index contributed by atoms with van der Waals surface area (Å²) in [4.78, 5) is 23.0. The molecule has 0 atom stereocenters. The molecule has 1 aliphatic rings. The van der Waals surface area contributed by atoms with Crippen LogP contribution in [0.15, 0.2) is 24.3 Å². The molecule has 0 bridgehead atoms. The first kappa shape index (κ1) is 19.1. The van der Waals surface area contributed by atoms with Crippen LogP contribution in [0.2, 0.25) is 0 Å². The highest BCUT2D eigenvalue weighted by Crippen LogP contribution is 2.24. The molecule has 1 aromatic carbocycles. The summed E-state index contributed by atoms with van der Waals surface area (Å²) in [7, 11) is 0. The summed E-state index contributed by atoms with van der Waals surface area (Å²) < 4.78 is 5.67. The third-order valence-electron chi connectivity index (χ3n) is 4.53. The number of carboxylic acids is 1. The van der Waals surface area contributed by atoms with Gasteiger partial charge in [0, 0.05) is 12.6 Å². The van der Waals surface area contributed by atoms with Gasteiger partial charge in [0.2, 0.25) is 0 Å². The molecule has 1 aromatic rings. The van der Waals surface area contributed by atoms with Crippen LogP contribution in [0.5, 0.6) is 5.75 Å². The number of hydrogen-bond acceptors (Lipinski definition) is 3. The molecule has 2 rings (SSSR count). The summed E-state index contributed by atoms with van der Waals surface area (Å²) in [5.41, 5.74) is 0.985. The van der Waals surface area contributed by atoms with Gasteiger partial charge in [0.05, 0.1) is 12.5 Å². The van der Waals surface area contributed by atoms with Gasteiger partial charge in [-0.1, -0.05) is 25.5 Å². The summed E-state index contributed by atoms with van der Waals surface area (Å²) >= 11 is 0. The molecule has 6 heteroatoms. The number of carbonyl (C=O) groups is 2. The number of amides is 2. The fourth-order valence-electron chi connectivity index (χ4n) is 2.98. The van der Waals surface area contributed by atoms with Crippen LogP contribution in [0, 0.1) is 5.92 Å². The first-order valence-corrected chi connectivity index (χ1v) is 9.07. The molecule has 2 amide bonds. The maximum atomic E-state index is 12.0. The molecule has 1 saturated carbocycles. The number of benzene rings is 1. The number of aliphatic carboxylic acids is 1. The quantitative estimate of drug-likeness (QED) is 0.629. The molecule has 138 valence electrons. The molecule has 0 aromatic heterocycles. The Morgan fingerprint density at radius 1 is 1.24 bits per heavy atom. The minimum atomic E-state index is -0.732. The van der Waals surface area contributed by atoms with Crippen molar-refractivity contribution in [3.05, 3.63) is 29.8 Å². The first-order valence-electron chi connectivity index (χ1n) is 9.07. The van der Waals surface area contributed by atoms with E-state index in [1.807, 2.05) is 24.3 Å². The first-order chi connectivity index (χ1) is 12.1. The number of urea groups is 1. The Balaban J connectivity index is 1.71. The van der Waals surface area contributed by atoms with Gasteiger partial charge in [-0.05, 0) is 49.8 Å². The fraction of sp³-hybridized carbons (Fsp3) is 0.579. The van der Waals surface area contributed by atoms with Crippen molar-refractivity contribution >= 4 is 12.0 Å². The number of ether oxygens (including phenoxy) is 1. The molecular formula is C19H28N2O4. The van der Waals surface area contributed by atoms with Crippen molar-refractivity contribution in [1.82, 2.24) is 10.6 Å². The van der Waals surface area contributed by atoms with E-state index < -0.39 is 5.97 Å². The van der Waals surface area contributed by atoms with Gasteiger partial charge in [0.1, 0.15) is 5.75 Å². The van der Waals surface area contributed by atoms with Crippen molar-refractivity contribution < 1.29 is 19.4 Å². The van der Waals surface area contributed by atoms with Crippen LogP contribution in [0.3, 0.4) is 0 Å². The lowest BCUT2D eigenvalue weighted by atomic mass is 9.86. The standard InChI is InChI=1S/C19H28N2O4/c1-2-3-11-25-17-6-4-5-14(12-17)13-20-19(24)21-16-9-7-15(8-10-16)18(22)23/h4-6,12,15-16H,2-3,7-11,13H2,1H3,(H,22,23)(H2,20,21,24). The zero-order chi connectivity index (χ0) is 18.1. The number of carbonyl (C=O) groups excluding carboxylic acids is 1. The van der Waals surface area contributed by atoms with Gasteiger partial charge in [-0.2, -0.15) is 0 Å². The molecule has 1 aliphatic carbocycles. The van der Waals surface area contributed by atoms with E-state index in [9.17, 15) is 9.59 Å². The predicted octanol–water partition coefficient (Wildman–Crippen LogP) is 3.31. The van der Waals surface area contributed by atoms with Gasteiger partial charge in [-0.15, -0.1) is 0 Å². The maximum absolute atomic E-state index is 12.0. The number of hydrogen-bond donors (Lipinski definition) is 3. The van der Waals surface area contributed by atoms with Crippen LogP contribution in [-0.2, 0) is 11.3 Å². The average molecular weight is 348 g/mol. The molecule has 0 aliphatic heterocycles. The highest BCUT2D eigenvalue weighted by Gasteiger charge is 2.26. The highest BCUT2D eigenvalue weighted by molar-refractivity contribution is 5.74. The Morgan fingerprint density at radius 2 is 2.00 bits per heavy atom. The van der Waals surface area contributed by atoms with Crippen molar-refractivity contribution in [3.8, 4) is 5.75 Å². The van der Waals surface area contributed by atoms with Crippen molar-refractivity contribution in [2.45, 2.75) is 58.0 Å². The van der Waals surface area contributed by atoms with Gasteiger partial charge >= 0.3 is 12.0 Å². The van der Waals surface area contributed by atoms with E-state index in [0.29, 0.717) is 38.8 Å². The van der Waals surface area contributed by atoms with Crippen LogP contribution >= 0.6 is 0 Å². The normalized spacial score (nSPS) is 19.9. The minimum absolute atomic E-state index is 0.0549. The number of nitrogens with one attached hydrogen (secondary N) is 2.